The van der Waals surface area contributed by atoms with Crippen molar-refractivity contribution < 1.29 is 28.0 Å². The molecule has 0 saturated carbocycles. The van der Waals surface area contributed by atoms with Gasteiger partial charge in [0.15, 0.2) is 0 Å². The maximum Gasteiger partial charge on any atom is 0.410 e. The zero-order chi connectivity index (χ0) is 21.3. The predicted octanol–water partition coefficient (Wildman–Crippen LogP) is 5.53. The van der Waals surface area contributed by atoms with Crippen LogP contribution in [0.3, 0.4) is 0 Å². The second kappa shape index (κ2) is 8.48. The van der Waals surface area contributed by atoms with E-state index in [0.29, 0.717) is 8.95 Å². The number of amides is 1. The Bertz CT molecular complexity index is 747. The van der Waals surface area contributed by atoms with Crippen molar-refractivity contribution in [1.82, 2.24) is 4.90 Å². The average molecular weight is 530 g/mol. The Morgan fingerprint density at radius 1 is 1.36 bits per heavy atom. The summed E-state index contributed by atoms with van der Waals surface area (Å²) in [7, 11) is 0. The van der Waals surface area contributed by atoms with E-state index in [0.717, 1.165) is 0 Å². The number of non-ortho nitro benzene ring substituents is 1. The van der Waals surface area contributed by atoms with Gasteiger partial charge in [0.05, 0.1) is 19.9 Å². The summed E-state index contributed by atoms with van der Waals surface area (Å²) in [4.78, 5) is 24.0. The summed E-state index contributed by atoms with van der Waals surface area (Å²) in [5.74, 6) is -2.69. The Labute approximate surface area is 177 Å². The Hall–Kier alpha value is -1.49. The molecule has 1 aromatic carbocycles. The molecule has 0 N–H and O–H groups in total. The maximum atomic E-state index is 13.9. The van der Waals surface area contributed by atoms with E-state index in [2.05, 4.69) is 31.9 Å². The Balaban J connectivity index is 2.18. The number of rotatable bonds is 4. The molecule has 1 heterocycles. The largest absolute Gasteiger partial charge is 0.489 e. The third-order valence-corrected chi connectivity index (χ3v) is 5.11. The number of hydrogen-bond acceptors (Lipinski definition) is 5. The molecular weight excluding hydrogens is 510 g/mol. The lowest BCUT2D eigenvalue weighted by Gasteiger charge is -2.39. The van der Waals surface area contributed by atoms with Crippen molar-refractivity contribution in [2.75, 3.05) is 13.2 Å². The third-order valence-electron chi connectivity index (χ3n) is 3.94. The van der Waals surface area contributed by atoms with Gasteiger partial charge in [0.1, 0.15) is 18.0 Å². The molecule has 28 heavy (non-hydrogen) atoms. The molecule has 0 aliphatic carbocycles. The average Bonchev–Trinajstić information content (AvgIpc) is 2.51. The highest BCUT2D eigenvalue weighted by atomic mass is 79.9. The molecule has 1 aliphatic heterocycles. The van der Waals surface area contributed by atoms with Crippen molar-refractivity contribution in [2.45, 2.75) is 51.2 Å². The fraction of sp³-hybridized carbons (Fsp3) is 0.588. The molecule has 11 heteroatoms. The first-order valence-electron chi connectivity index (χ1n) is 8.43. The number of carbonyl (C=O) groups is 1. The third kappa shape index (κ3) is 6.00. The predicted molar refractivity (Wildman–Crippen MR) is 105 cm³/mol. The maximum absolute atomic E-state index is 13.9. The van der Waals surface area contributed by atoms with Crippen LogP contribution in [0.1, 0.15) is 33.6 Å². The quantitative estimate of drug-likeness (QED) is 0.378. The van der Waals surface area contributed by atoms with Gasteiger partial charge in [-0.1, -0.05) is 0 Å². The van der Waals surface area contributed by atoms with Crippen LogP contribution >= 0.6 is 31.9 Å². The summed E-state index contributed by atoms with van der Waals surface area (Å²) in [5, 5.41) is 10.9. The highest BCUT2D eigenvalue weighted by molar-refractivity contribution is 9.11. The Kier molecular flexibility index (Phi) is 6.90. The number of nitro groups is 1. The number of ether oxygens (including phenoxy) is 2. The molecule has 0 radical (unpaired) electrons. The number of carbonyl (C=O) groups excluding carboxylic acids is 1. The van der Waals surface area contributed by atoms with Crippen LogP contribution in [0.4, 0.5) is 19.3 Å². The molecule has 1 saturated heterocycles. The van der Waals surface area contributed by atoms with Crippen LogP contribution in [0.15, 0.2) is 21.1 Å². The first-order chi connectivity index (χ1) is 12.8. The van der Waals surface area contributed by atoms with Crippen molar-refractivity contribution in [1.29, 1.82) is 0 Å². The Morgan fingerprint density at radius 3 is 2.43 bits per heavy atom. The summed E-state index contributed by atoms with van der Waals surface area (Å²) in [6, 6.07) is 1.59. The highest BCUT2D eigenvalue weighted by Crippen LogP contribution is 2.38. The molecular formula is C17H20Br2F2N2O5. The van der Waals surface area contributed by atoms with E-state index in [1.54, 1.807) is 20.8 Å². The second-order valence-corrected chi connectivity index (χ2v) is 9.15. The van der Waals surface area contributed by atoms with Gasteiger partial charge in [0.25, 0.3) is 11.6 Å². The topological polar surface area (TPSA) is 81.9 Å². The van der Waals surface area contributed by atoms with Crippen LogP contribution in [-0.2, 0) is 4.74 Å². The van der Waals surface area contributed by atoms with E-state index < -0.39 is 41.4 Å². The number of alkyl halides is 2. The van der Waals surface area contributed by atoms with Crippen LogP contribution < -0.4 is 4.74 Å². The van der Waals surface area contributed by atoms with Crippen molar-refractivity contribution >= 4 is 43.6 Å². The molecule has 2 rings (SSSR count). The van der Waals surface area contributed by atoms with E-state index in [9.17, 15) is 23.7 Å². The van der Waals surface area contributed by atoms with E-state index in [1.807, 2.05) is 0 Å². The molecule has 1 aromatic rings. The summed E-state index contributed by atoms with van der Waals surface area (Å²) in [6.07, 6.45) is -1.69. The fourth-order valence-corrected chi connectivity index (χ4v) is 4.09. The van der Waals surface area contributed by atoms with Crippen LogP contribution in [-0.4, -0.2) is 46.6 Å². The minimum Gasteiger partial charge on any atom is -0.489 e. The van der Waals surface area contributed by atoms with E-state index in [1.165, 1.54) is 17.0 Å². The highest BCUT2D eigenvalue weighted by Gasteiger charge is 2.43. The molecule has 0 bridgehead atoms. The molecule has 156 valence electrons. The second-order valence-electron chi connectivity index (χ2n) is 7.44. The first kappa shape index (κ1) is 22.8. The summed E-state index contributed by atoms with van der Waals surface area (Å²) < 4.78 is 39.4. The number of nitro benzene ring substituents is 1. The van der Waals surface area contributed by atoms with Gasteiger partial charge in [-0.05, 0) is 52.6 Å². The van der Waals surface area contributed by atoms with E-state index in [-0.39, 0.29) is 24.6 Å². The normalized spacial score (nSPS) is 19.2. The summed E-state index contributed by atoms with van der Waals surface area (Å²) in [5.41, 5.74) is -0.918. The summed E-state index contributed by atoms with van der Waals surface area (Å²) in [6.45, 7) is 4.71. The van der Waals surface area contributed by atoms with Crippen LogP contribution in [0.5, 0.6) is 5.75 Å². The first-order valence-corrected chi connectivity index (χ1v) is 10.0. The number of hydrogen-bond donors (Lipinski definition) is 0. The number of halogens is 4. The fourth-order valence-electron chi connectivity index (χ4n) is 2.70. The van der Waals surface area contributed by atoms with Crippen LogP contribution in [0, 0.1) is 10.1 Å². The molecule has 1 aliphatic rings. The molecule has 1 unspecified atom stereocenters. The van der Waals surface area contributed by atoms with Crippen molar-refractivity contribution in [3.8, 4) is 5.75 Å². The SMILES string of the molecule is CC(C)(C)OC(=O)N1CCC(F)(F)CC1COc1c(Br)cc([N+](=O)[O-])cc1Br. The number of likely N-dealkylation sites (tertiary alicyclic amines) is 1. The molecule has 1 amide bonds. The Morgan fingerprint density at radius 2 is 1.93 bits per heavy atom. The molecule has 0 spiro atoms. The van der Waals surface area contributed by atoms with Gasteiger partial charge in [0.2, 0.25) is 0 Å². The lowest BCUT2D eigenvalue weighted by Crippen LogP contribution is -2.53. The number of nitrogens with zero attached hydrogens (tertiary/aromatic N) is 2. The van der Waals surface area contributed by atoms with E-state index >= 15 is 0 Å². The smallest absolute Gasteiger partial charge is 0.410 e. The molecule has 1 atom stereocenters. The van der Waals surface area contributed by atoms with Crippen molar-refractivity contribution in [3.05, 3.63) is 31.2 Å². The van der Waals surface area contributed by atoms with Gasteiger partial charge >= 0.3 is 6.09 Å². The summed E-state index contributed by atoms with van der Waals surface area (Å²) >= 11 is 6.37. The van der Waals surface area contributed by atoms with Gasteiger partial charge in [-0.25, -0.2) is 13.6 Å². The van der Waals surface area contributed by atoms with Gasteiger partial charge in [-0.3, -0.25) is 10.1 Å². The van der Waals surface area contributed by atoms with Crippen LogP contribution in [0.2, 0.25) is 0 Å². The van der Waals surface area contributed by atoms with Gasteiger partial charge < -0.3 is 14.4 Å². The van der Waals surface area contributed by atoms with Crippen molar-refractivity contribution in [2.24, 2.45) is 0 Å². The van der Waals surface area contributed by atoms with Gasteiger partial charge in [-0.15, -0.1) is 0 Å². The number of piperidine rings is 1. The van der Waals surface area contributed by atoms with Gasteiger partial charge in [0, 0.05) is 31.5 Å². The van der Waals surface area contributed by atoms with Crippen molar-refractivity contribution in [3.63, 3.8) is 0 Å². The molecule has 7 nitrogen and oxygen atoms in total. The standard InChI is InChI=1S/C17H20Br2F2N2O5/c1-16(2,3)28-15(24)22-5-4-17(20,21)8-11(22)9-27-14-12(18)6-10(23(25)26)7-13(14)19/h6-7,11H,4-5,8-9H2,1-3H3. The zero-order valence-corrected chi connectivity index (χ0v) is 18.7. The van der Waals surface area contributed by atoms with E-state index in [4.69, 9.17) is 9.47 Å². The number of benzene rings is 1. The minimum atomic E-state index is -2.92. The van der Waals surface area contributed by atoms with Gasteiger partial charge in [-0.2, -0.15) is 0 Å². The monoisotopic (exact) mass is 528 g/mol. The minimum absolute atomic E-state index is 0.154. The molecule has 0 aromatic heterocycles. The lowest BCUT2D eigenvalue weighted by atomic mass is 9.99. The zero-order valence-electron chi connectivity index (χ0n) is 15.5. The molecule has 1 fully saturated rings. The van der Waals surface area contributed by atoms with Crippen LogP contribution in [0.25, 0.3) is 0 Å². The lowest BCUT2D eigenvalue weighted by molar-refractivity contribution is -0.385.